The van der Waals surface area contributed by atoms with E-state index in [9.17, 15) is 0 Å². The number of nitrogens with one attached hydrogen (secondary N) is 2. The number of benzene rings is 1. The maximum atomic E-state index is 4.72. The number of hydrogen-bond donors (Lipinski definition) is 2. The zero-order valence-corrected chi connectivity index (χ0v) is 14.1. The van der Waals surface area contributed by atoms with Crippen molar-refractivity contribution in [2.45, 2.75) is 0 Å². The highest BCUT2D eigenvalue weighted by Gasteiger charge is 2.10. The van der Waals surface area contributed by atoms with E-state index < -0.39 is 0 Å². The lowest BCUT2D eigenvalue weighted by Crippen LogP contribution is -2.08. The Morgan fingerprint density at radius 2 is 1.84 bits per heavy atom. The monoisotopic (exact) mass is 330 g/mol. The number of anilines is 3. The van der Waals surface area contributed by atoms with Gasteiger partial charge in [0.05, 0.1) is 5.52 Å². The van der Waals surface area contributed by atoms with Crippen molar-refractivity contribution in [1.82, 2.24) is 19.9 Å². The number of aromatic amines is 1. The van der Waals surface area contributed by atoms with Crippen LogP contribution >= 0.6 is 0 Å². The summed E-state index contributed by atoms with van der Waals surface area (Å²) in [6.07, 6.45) is 5.29. The molecule has 1 aromatic carbocycles. The van der Waals surface area contributed by atoms with E-state index in [1.165, 1.54) is 0 Å². The van der Waals surface area contributed by atoms with Gasteiger partial charge in [0.2, 0.25) is 0 Å². The van der Waals surface area contributed by atoms with E-state index in [1.807, 2.05) is 44.4 Å². The van der Waals surface area contributed by atoms with Crippen molar-refractivity contribution in [1.29, 1.82) is 0 Å². The molecule has 0 saturated heterocycles. The van der Waals surface area contributed by atoms with Gasteiger partial charge in [-0.25, -0.2) is 9.97 Å². The highest BCUT2D eigenvalue weighted by molar-refractivity contribution is 5.90. The molecule has 0 radical (unpaired) electrons. The molecule has 0 aliphatic rings. The molecule has 0 saturated carbocycles. The minimum Gasteiger partial charge on any atom is -0.378 e. The molecule has 0 aliphatic carbocycles. The summed E-state index contributed by atoms with van der Waals surface area (Å²) in [5.41, 5.74) is 4.83. The molecule has 25 heavy (non-hydrogen) atoms. The van der Waals surface area contributed by atoms with Gasteiger partial charge in [0.1, 0.15) is 11.3 Å². The average Bonchev–Trinajstić information content (AvgIpc) is 3.08. The van der Waals surface area contributed by atoms with E-state index in [1.54, 1.807) is 18.6 Å². The summed E-state index contributed by atoms with van der Waals surface area (Å²) >= 11 is 0. The smallest absolute Gasteiger partial charge is 0.158 e. The van der Waals surface area contributed by atoms with Crippen LogP contribution in [0.15, 0.2) is 61.1 Å². The van der Waals surface area contributed by atoms with Gasteiger partial charge < -0.3 is 15.2 Å². The maximum Gasteiger partial charge on any atom is 0.158 e. The third kappa shape index (κ3) is 3.01. The Labute approximate surface area is 145 Å². The lowest BCUT2D eigenvalue weighted by Gasteiger charge is -2.14. The minimum atomic E-state index is 0.727. The zero-order valence-electron chi connectivity index (χ0n) is 14.1. The molecule has 0 amide bonds. The van der Waals surface area contributed by atoms with Crippen LogP contribution in [0.4, 0.5) is 17.2 Å². The van der Waals surface area contributed by atoms with E-state index in [-0.39, 0.29) is 0 Å². The summed E-state index contributed by atoms with van der Waals surface area (Å²) in [6, 6.07) is 14.0. The number of rotatable bonds is 4. The largest absolute Gasteiger partial charge is 0.378 e. The fourth-order valence-electron chi connectivity index (χ4n) is 2.67. The highest BCUT2D eigenvalue weighted by Crippen LogP contribution is 2.27. The molecule has 4 rings (SSSR count). The molecule has 4 aromatic rings. The van der Waals surface area contributed by atoms with Gasteiger partial charge in [-0.3, -0.25) is 4.98 Å². The summed E-state index contributed by atoms with van der Waals surface area (Å²) in [4.78, 5) is 18.6. The lowest BCUT2D eigenvalue weighted by molar-refractivity contribution is 1.13. The van der Waals surface area contributed by atoms with Crippen LogP contribution in [0.2, 0.25) is 0 Å². The Morgan fingerprint density at radius 3 is 2.64 bits per heavy atom. The third-order valence-electron chi connectivity index (χ3n) is 3.98. The lowest BCUT2D eigenvalue weighted by atomic mass is 10.2. The first kappa shape index (κ1) is 15.1. The summed E-state index contributed by atoms with van der Waals surface area (Å²) in [5, 5.41) is 3.37. The second-order valence-corrected chi connectivity index (χ2v) is 5.95. The van der Waals surface area contributed by atoms with Gasteiger partial charge in [0, 0.05) is 49.6 Å². The van der Waals surface area contributed by atoms with Crippen LogP contribution in [0.3, 0.4) is 0 Å². The van der Waals surface area contributed by atoms with Crippen molar-refractivity contribution in [2.24, 2.45) is 0 Å². The van der Waals surface area contributed by atoms with Gasteiger partial charge in [-0.2, -0.15) is 0 Å². The molecule has 0 unspecified atom stereocenters. The van der Waals surface area contributed by atoms with Crippen LogP contribution in [0.25, 0.3) is 22.4 Å². The molecule has 0 aliphatic heterocycles. The van der Waals surface area contributed by atoms with Crippen molar-refractivity contribution in [3.05, 3.63) is 61.1 Å². The van der Waals surface area contributed by atoms with Crippen LogP contribution in [0.1, 0.15) is 0 Å². The van der Waals surface area contributed by atoms with Crippen molar-refractivity contribution >= 4 is 28.2 Å². The van der Waals surface area contributed by atoms with Gasteiger partial charge in [0.25, 0.3) is 0 Å². The van der Waals surface area contributed by atoms with Crippen molar-refractivity contribution in [3.63, 3.8) is 0 Å². The number of nitrogens with zero attached hydrogens (tertiary/aromatic N) is 4. The molecule has 3 aromatic heterocycles. The molecule has 6 nitrogen and oxygen atoms in total. The van der Waals surface area contributed by atoms with Crippen molar-refractivity contribution in [3.8, 4) is 11.4 Å². The first-order chi connectivity index (χ1) is 12.2. The van der Waals surface area contributed by atoms with Crippen LogP contribution < -0.4 is 10.2 Å². The Morgan fingerprint density at radius 1 is 1.00 bits per heavy atom. The number of hydrogen-bond acceptors (Lipinski definition) is 5. The predicted molar refractivity (Wildman–Crippen MR) is 101 cm³/mol. The Bertz CT molecular complexity index is 1010. The second-order valence-electron chi connectivity index (χ2n) is 5.95. The molecule has 0 bridgehead atoms. The van der Waals surface area contributed by atoms with Gasteiger partial charge in [-0.15, -0.1) is 0 Å². The molecule has 6 heteroatoms. The zero-order chi connectivity index (χ0) is 17.2. The fraction of sp³-hybridized carbons (Fsp3) is 0.105. The number of aromatic nitrogens is 4. The normalized spacial score (nSPS) is 10.8. The molecule has 3 heterocycles. The van der Waals surface area contributed by atoms with Crippen LogP contribution in [-0.4, -0.2) is 34.0 Å². The third-order valence-corrected chi connectivity index (χ3v) is 3.98. The topological polar surface area (TPSA) is 69.7 Å². The molecular weight excluding hydrogens is 312 g/mol. The molecular formula is C19H18N6. The summed E-state index contributed by atoms with van der Waals surface area (Å²) in [7, 11) is 4.04. The van der Waals surface area contributed by atoms with Gasteiger partial charge in [0.15, 0.2) is 5.82 Å². The van der Waals surface area contributed by atoms with E-state index in [2.05, 4.69) is 37.3 Å². The first-order valence-electron chi connectivity index (χ1n) is 8.00. The van der Waals surface area contributed by atoms with Crippen molar-refractivity contribution < 1.29 is 0 Å². The number of pyridine rings is 2. The second kappa shape index (κ2) is 6.24. The fourth-order valence-corrected chi connectivity index (χ4v) is 2.67. The standard InChI is InChI=1S/C19H18N6/c1-25(2)15-5-3-4-14(12-15)22-19-17-16(8-11-21-19)23-18(24-17)13-6-9-20-10-7-13/h3-12H,1-2H3,(H,21,22)(H,23,24). The van der Waals surface area contributed by atoms with E-state index in [0.717, 1.165) is 39.6 Å². The van der Waals surface area contributed by atoms with Crippen molar-refractivity contribution in [2.75, 3.05) is 24.3 Å². The molecule has 0 fully saturated rings. The molecule has 0 atom stereocenters. The summed E-state index contributed by atoms with van der Waals surface area (Å²) < 4.78 is 0. The average molecular weight is 330 g/mol. The first-order valence-corrected chi connectivity index (χ1v) is 8.00. The SMILES string of the molecule is CN(C)c1cccc(Nc2nccc3[nH]c(-c4ccncc4)nc23)c1. The molecule has 0 spiro atoms. The Balaban J connectivity index is 1.73. The minimum absolute atomic E-state index is 0.727. The van der Waals surface area contributed by atoms with Crippen LogP contribution in [0, 0.1) is 0 Å². The number of H-pyrrole nitrogens is 1. The Hall–Kier alpha value is -3.41. The van der Waals surface area contributed by atoms with Gasteiger partial charge in [-0.1, -0.05) is 6.07 Å². The van der Waals surface area contributed by atoms with E-state index >= 15 is 0 Å². The highest BCUT2D eigenvalue weighted by atomic mass is 15.1. The van der Waals surface area contributed by atoms with Gasteiger partial charge >= 0.3 is 0 Å². The quantitative estimate of drug-likeness (QED) is 0.595. The molecule has 124 valence electrons. The molecule has 2 N–H and O–H groups in total. The maximum absolute atomic E-state index is 4.72. The van der Waals surface area contributed by atoms with Crippen LogP contribution in [-0.2, 0) is 0 Å². The Kier molecular flexibility index (Phi) is 3.78. The van der Waals surface area contributed by atoms with Gasteiger partial charge in [-0.05, 0) is 36.4 Å². The predicted octanol–water partition coefficient (Wildman–Crippen LogP) is 3.83. The summed E-state index contributed by atoms with van der Waals surface area (Å²) in [5.74, 6) is 1.53. The van der Waals surface area contributed by atoms with E-state index in [0.29, 0.717) is 0 Å². The van der Waals surface area contributed by atoms with Crippen LogP contribution in [0.5, 0.6) is 0 Å². The number of imidazole rings is 1. The summed E-state index contributed by atoms with van der Waals surface area (Å²) in [6.45, 7) is 0. The number of fused-ring (bicyclic) bond motifs is 1. The van der Waals surface area contributed by atoms with E-state index in [4.69, 9.17) is 4.98 Å².